The van der Waals surface area contributed by atoms with Crippen molar-refractivity contribution in [1.82, 2.24) is 5.43 Å². The number of rotatable bonds is 9. The first-order valence-electron chi connectivity index (χ1n) is 12.6. The van der Waals surface area contributed by atoms with Crippen molar-refractivity contribution in [2.45, 2.75) is 25.7 Å². The zero-order valence-corrected chi connectivity index (χ0v) is 23.3. The molecule has 2 N–H and O–H groups in total. The Kier molecular flexibility index (Phi) is 8.76. The average Bonchev–Trinajstić information content (AvgIpc) is 2.97. The second kappa shape index (κ2) is 12.4. The number of hydrogen-bond acceptors (Lipinski definition) is 5. The van der Waals surface area contributed by atoms with Crippen LogP contribution in [0.5, 0.6) is 0 Å². The number of carbonyl (C=O) groups is 2. The summed E-state index contributed by atoms with van der Waals surface area (Å²) in [6, 6.07) is 29.3. The maximum absolute atomic E-state index is 13.6. The van der Waals surface area contributed by atoms with E-state index in [2.05, 4.69) is 15.8 Å². The molecule has 0 aliphatic heterocycles. The van der Waals surface area contributed by atoms with Crippen LogP contribution in [0.4, 0.5) is 11.4 Å². The van der Waals surface area contributed by atoms with Crippen LogP contribution in [0.2, 0.25) is 0 Å². The monoisotopic (exact) mass is 554 g/mol. The summed E-state index contributed by atoms with van der Waals surface area (Å²) >= 11 is 0. The molecule has 0 bridgehead atoms. The minimum Gasteiger partial charge on any atom is -0.322 e. The third kappa shape index (κ3) is 6.62. The van der Waals surface area contributed by atoms with Gasteiger partial charge in [0, 0.05) is 11.3 Å². The van der Waals surface area contributed by atoms with Gasteiger partial charge < -0.3 is 5.32 Å². The lowest BCUT2D eigenvalue weighted by Crippen LogP contribution is -2.40. The molecule has 8 nitrogen and oxygen atoms in total. The van der Waals surface area contributed by atoms with Crippen LogP contribution in [0.1, 0.15) is 34.0 Å². The summed E-state index contributed by atoms with van der Waals surface area (Å²) in [5.74, 6) is -0.847. The molecule has 0 fully saturated rings. The van der Waals surface area contributed by atoms with Crippen LogP contribution in [0.25, 0.3) is 0 Å². The van der Waals surface area contributed by atoms with Gasteiger partial charge in [-0.1, -0.05) is 60.7 Å². The highest BCUT2D eigenvalue weighted by Gasteiger charge is 2.28. The van der Waals surface area contributed by atoms with Gasteiger partial charge in [0.05, 0.1) is 16.3 Å². The predicted molar refractivity (Wildman–Crippen MR) is 158 cm³/mol. The summed E-state index contributed by atoms with van der Waals surface area (Å²) in [5, 5.41) is 7.05. The normalized spacial score (nSPS) is 11.5. The molecule has 4 rings (SSSR count). The highest BCUT2D eigenvalue weighted by Crippen LogP contribution is 2.28. The van der Waals surface area contributed by atoms with Crippen LogP contribution in [-0.4, -0.2) is 32.5 Å². The molecule has 0 heterocycles. The van der Waals surface area contributed by atoms with Gasteiger partial charge in [-0.2, -0.15) is 5.10 Å². The van der Waals surface area contributed by atoms with Crippen LogP contribution in [0, 0.1) is 13.8 Å². The molecule has 204 valence electrons. The molecule has 4 aromatic carbocycles. The van der Waals surface area contributed by atoms with Gasteiger partial charge in [-0.05, 0) is 79.9 Å². The minimum atomic E-state index is -4.04. The summed E-state index contributed by atoms with van der Waals surface area (Å²) in [6.45, 7) is 4.95. The van der Waals surface area contributed by atoms with Crippen molar-refractivity contribution in [2.75, 3.05) is 16.2 Å². The quantitative estimate of drug-likeness (QED) is 0.216. The lowest BCUT2D eigenvalue weighted by Gasteiger charge is -2.26. The molecule has 2 amide bonds. The zero-order valence-electron chi connectivity index (χ0n) is 22.5. The van der Waals surface area contributed by atoms with Crippen LogP contribution >= 0.6 is 0 Å². The van der Waals surface area contributed by atoms with Crippen LogP contribution in [-0.2, 0) is 14.8 Å². The van der Waals surface area contributed by atoms with Crippen molar-refractivity contribution in [2.24, 2.45) is 5.10 Å². The average molecular weight is 555 g/mol. The molecule has 0 radical (unpaired) electrons. The van der Waals surface area contributed by atoms with Gasteiger partial charge in [0.1, 0.15) is 6.54 Å². The number of amides is 2. The van der Waals surface area contributed by atoms with E-state index in [1.807, 2.05) is 26.0 Å². The summed E-state index contributed by atoms with van der Waals surface area (Å²) in [5.41, 5.74) is 6.81. The number of nitrogens with zero attached hydrogens (tertiary/aromatic N) is 2. The molecule has 40 heavy (non-hydrogen) atoms. The number of aryl methyl sites for hydroxylation is 1. The molecular formula is C31H30N4O4S. The lowest BCUT2D eigenvalue weighted by atomic mass is 10.1. The van der Waals surface area contributed by atoms with Gasteiger partial charge in [0.25, 0.3) is 21.8 Å². The van der Waals surface area contributed by atoms with Crippen LogP contribution in [0.3, 0.4) is 0 Å². The van der Waals surface area contributed by atoms with Crippen LogP contribution in [0.15, 0.2) is 113 Å². The summed E-state index contributed by atoms with van der Waals surface area (Å²) in [7, 11) is -4.04. The summed E-state index contributed by atoms with van der Waals surface area (Å²) in [6.07, 6.45) is 0. The van der Waals surface area contributed by atoms with Gasteiger partial charge in [-0.15, -0.1) is 0 Å². The first-order valence-corrected chi connectivity index (χ1v) is 14.0. The van der Waals surface area contributed by atoms with E-state index in [1.54, 1.807) is 85.8 Å². The smallest absolute Gasteiger partial charge is 0.264 e. The van der Waals surface area contributed by atoms with E-state index in [-0.39, 0.29) is 10.8 Å². The van der Waals surface area contributed by atoms with E-state index in [4.69, 9.17) is 0 Å². The Hall–Kier alpha value is -4.76. The van der Waals surface area contributed by atoms with E-state index < -0.39 is 22.5 Å². The van der Waals surface area contributed by atoms with Gasteiger partial charge in [0.15, 0.2) is 0 Å². The maximum atomic E-state index is 13.6. The van der Waals surface area contributed by atoms with Gasteiger partial charge in [0.2, 0.25) is 0 Å². The number of sulfonamides is 1. The lowest BCUT2D eigenvalue weighted by molar-refractivity contribution is -0.119. The van der Waals surface area contributed by atoms with E-state index in [0.29, 0.717) is 28.2 Å². The second-order valence-corrected chi connectivity index (χ2v) is 11.0. The molecule has 0 aromatic heterocycles. The Morgan fingerprint density at radius 3 is 2.12 bits per heavy atom. The molecule has 0 aliphatic carbocycles. The number of benzene rings is 4. The second-order valence-electron chi connectivity index (χ2n) is 9.18. The first-order chi connectivity index (χ1) is 19.2. The number of carbonyl (C=O) groups excluding carboxylic acids is 2. The molecule has 4 aromatic rings. The Balaban J connectivity index is 1.53. The van der Waals surface area contributed by atoms with E-state index >= 15 is 0 Å². The molecule has 0 atom stereocenters. The number of nitrogens with one attached hydrogen (secondary N) is 2. The van der Waals surface area contributed by atoms with Crippen molar-refractivity contribution < 1.29 is 18.0 Å². The topological polar surface area (TPSA) is 108 Å². The number of anilines is 2. The number of hydrogen-bond donors (Lipinski definition) is 2. The summed E-state index contributed by atoms with van der Waals surface area (Å²) < 4.78 is 28.3. The van der Waals surface area contributed by atoms with Gasteiger partial charge >= 0.3 is 0 Å². The number of hydrazone groups is 1. The standard InChI is InChI=1S/C31H30N4O4S/c1-22-12-10-19-29(23(22)2)35(40(38,39)28-17-8-5-9-18-28)21-30(36)34-33-24(3)26-15-11-16-27(20-26)32-31(37)25-13-6-4-7-14-25/h4-20H,21H2,1-3H3,(H,32,37)(H,34,36). The van der Waals surface area contributed by atoms with E-state index in [1.165, 1.54) is 12.1 Å². The van der Waals surface area contributed by atoms with Crippen molar-refractivity contribution in [3.8, 4) is 0 Å². The zero-order chi connectivity index (χ0) is 28.7. The Labute approximate surface area is 234 Å². The molecule has 0 aliphatic rings. The van der Waals surface area contributed by atoms with Gasteiger partial charge in [-0.25, -0.2) is 13.8 Å². The SMILES string of the molecule is CC(=NNC(=O)CN(c1cccc(C)c1C)S(=O)(=O)c1ccccc1)c1cccc(NC(=O)c2ccccc2)c1. The Morgan fingerprint density at radius 2 is 1.43 bits per heavy atom. The fourth-order valence-electron chi connectivity index (χ4n) is 4.02. The molecule has 0 saturated carbocycles. The highest BCUT2D eigenvalue weighted by molar-refractivity contribution is 7.92. The molecule has 0 unspecified atom stereocenters. The third-order valence-electron chi connectivity index (χ3n) is 6.39. The Bertz CT molecular complexity index is 1650. The maximum Gasteiger partial charge on any atom is 0.264 e. The summed E-state index contributed by atoms with van der Waals surface area (Å²) in [4.78, 5) is 25.6. The Morgan fingerprint density at radius 1 is 0.800 bits per heavy atom. The largest absolute Gasteiger partial charge is 0.322 e. The predicted octanol–water partition coefficient (Wildman–Crippen LogP) is 5.29. The molecule has 0 saturated heterocycles. The fraction of sp³-hybridized carbons (Fsp3) is 0.129. The highest BCUT2D eigenvalue weighted by atomic mass is 32.2. The third-order valence-corrected chi connectivity index (χ3v) is 8.16. The minimum absolute atomic E-state index is 0.0813. The molecular weight excluding hydrogens is 524 g/mol. The van der Waals surface area contributed by atoms with Gasteiger partial charge in [-0.3, -0.25) is 13.9 Å². The van der Waals surface area contributed by atoms with Crippen molar-refractivity contribution in [3.63, 3.8) is 0 Å². The van der Waals surface area contributed by atoms with Crippen molar-refractivity contribution in [3.05, 3.63) is 125 Å². The molecule has 9 heteroatoms. The van der Waals surface area contributed by atoms with Crippen LogP contribution < -0.4 is 15.0 Å². The fourth-order valence-corrected chi connectivity index (χ4v) is 5.52. The van der Waals surface area contributed by atoms with Crippen molar-refractivity contribution >= 4 is 38.9 Å². The first kappa shape index (κ1) is 28.3. The van der Waals surface area contributed by atoms with E-state index in [0.717, 1.165) is 15.4 Å². The van der Waals surface area contributed by atoms with Crippen molar-refractivity contribution in [1.29, 1.82) is 0 Å². The molecule has 0 spiro atoms. The van der Waals surface area contributed by atoms with E-state index in [9.17, 15) is 18.0 Å².